The molecule has 4 rings (SSSR count). The van der Waals surface area contributed by atoms with Crippen molar-refractivity contribution in [1.82, 2.24) is 4.90 Å². The predicted molar refractivity (Wildman–Crippen MR) is 119 cm³/mol. The van der Waals surface area contributed by atoms with Crippen LogP contribution in [0.15, 0.2) is 53.9 Å². The van der Waals surface area contributed by atoms with Crippen LogP contribution in [0.5, 0.6) is 23.0 Å². The van der Waals surface area contributed by atoms with Crippen LogP contribution in [0.1, 0.15) is 16.0 Å². The van der Waals surface area contributed by atoms with Crippen LogP contribution in [0.3, 0.4) is 0 Å². The van der Waals surface area contributed by atoms with Gasteiger partial charge in [-0.15, -0.1) is 11.3 Å². The number of fused-ring (bicyclic) bond motifs is 1. The zero-order chi connectivity index (χ0) is 21.6. The van der Waals surface area contributed by atoms with Gasteiger partial charge in [0.05, 0.1) is 27.2 Å². The molecule has 0 fully saturated rings. The van der Waals surface area contributed by atoms with E-state index in [0.29, 0.717) is 43.6 Å². The maximum absolute atomic E-state index is 13.3. The number of benzene rings is 2. The van der Waals surface area contributed by atoms with Gasteiger partial charge in [0.25, 0.3) is 0 Å². The summed E-state index contributed by atoms with van der Waals surface area (Å²) in [6.45, 7) is 2.09. The number of carbonyl (C=O) groups excluding carboxylic acids is 1. The number of rotatable bonds is 8. The van der Waals surface area contributed by atoms with Crippen molar-refractivity contribution in [3.05, 3.63) is 69.9 Å². The molecule has 3 aromatic rings. The Morgan fingerprint density at radius 2 is 1.71 bits per heavy atom. The molecule has 7 heteroatoms. The van der Waals surface area contributed by atoms with E-state index in [2.05, 4.69) is 0 Å². The van der Waals surface area contributed by atoms with Gasteiger partial charge < -0.3 is 23.8 Å². The highest BCUT2D eigenvalue weighted by Crippen LogP contribution is 2.31. The van der Waals surface area contributed by atoms with Crippen molar-refractivity contribution in [3.8, 4) is 23.0 Å². The first-order valence-corrected chi connectivity index (χ1v) is 10.9. The molecule has 1 amide bonds. The average Bonchev–Trinajstić information content (AvgIpc) is 3.31. The molecular formula is C24H25NO5S. The lowest BCUT2D eigenvalue weighted by Gasteiger charge is -2.24. The predicted octanol–water partition coefficient (Wildman–Crippen LogP) is 4.31. The van der Waals surface area contributed by atoms with Crippen molar-refractivity contribution < 1.29 is 23.7 Å². The van der Waals surface area contributed by atoms with E-state index in [9.17, 15) is 4.79 Å². The van der Waals surface area contributed by atoms with Gasteiger partial charge >= 0.3 is 0 Å². The number of methoxy groups -OCH3 is 2. The Morgan fingerprint density at radius 3 is 2.45 bits per heavy atom. The fraction of sp³-hybridized carbons (Fsp3) is 0.292. The minimum atomic E-state index is 0.0415. The second kappa shape index (κ2) is 9.75. The highest BCUT2D eigenvalue weighted by Gasteiger charge is 2.19. The standard InChI is InChI=1S/C24H25NO5S/c1-27-20-7-6-18(13-22(20)28-2)15-25(16-19-4-3-11-31-19)24(26)14-17-5-8-21-23(12-17)30-10-9-29-21/h3-8,11-13H,9-10,14-16H2,1-2H3. The van der Waals surface area contributed by atoms with Crippen LogP contribution in [-0.4, -0.2) is 38.2 Å². The molecule has 0 saturated carbocycles. The number of hydrogen-bond acceptors (Lipinski definition) is 6. The van der Waals surface area contributed by atoms with Crippen molar-refractivity contribution >= 4 is 17.2 Å². The van der Waals surface area contributed by atoms with Crippen LogP contribution in [0.25, 0.3) is 0 Å². The Morgan fingerprint density at radius 1 is 0.935 bits per heavy atom. The van der Waals surface area contributed by atoms with Gasteiger partial charge in [0, 0.05) is 11.4 Å². The molecule has 1 aliphatic heterocycles. The summed E-state index contributed by atoms with van der Waals surface area (Å²) in [7, 11) is 3.22. The monoisotopic (exact) mass is 439 g/mol. The van der Waals surface area contributed by atoms with E-state index in [1.54, 1.807) is 25.6 Å². The van der Waals surface area contributed by atoms with Gasteiger partial charge in [0.2, 0.25) is 5.91 Å². The van der Waals surface area contributed by atoms with Crippen molar-refractivity contribution in [2.45, 2.75) is 19.5 Å². The fourth-order valence-corrected chi connectivity index (χ4v) is 4.23. The van der Waals surface area contributed by atoms with Gasteiger partial charge in [-0.25, -0.2) is 0 Å². The number of amides is 1. The normalized spacial score (nSPS) is 12.3. The summed E-state index contributed by atoms with van der Waals surface area (Å²) >= 11 is 1.64. The maximum Gasteiger partial charge on any atom is 0.227 e. The van der Waals surface area contributed by atoms with Crippen molar-refractivity contribution in [3.63, 3.8) is 0 Å². The molecule has 6 nitrogen and oxygen atoms in total. The summed E-state index contributed by atoms with van der Waals surface area (Å²) in [6.07, 6.45) is 0.287. The second-order valence-corrected chi connectivity index (χ2v) is 8.21. The van der Waals surface area contributed by atoms with Crippen LogP contribution < -0.4 is 18.9 Å². The van der Waals surface area contributed by atoms with E-state index in [1.807, 2.05) is 58.8 Å². The molecule has 0 spiro atoms. The van der Waals surface area contributed by atoms with Crippen LogP contribution in [0, 0.1) is 0 Å². The molecule has 2 aromatic carbocycles. The van der Waals surface area contributed by atoms with E-state index in [-0.39, 0.29) is 12.3 Å². The largest absolute Gasteiger partial charge is 0.493 e. The number of hydrogen-bond donors (Lipinski definition) is 0. The molecule has 31 heavy (non-hydrogen) atoms. The van der Waals surface area contributed by atoms with Crippen LogP contribution in [0.2, 0.25) is 0 Å². The number of thiophene rings is 1. The Labute approximate surface area is 185 Å². The van der Waals surface area contributed by atoms with Crippen molar-refractivity contribution in [1.29, 1.82) is 0 Å². The summed E-state index contributed by atoms with van der Waals surface area (Å²) < 4.78 is 22.0. The lowest BCUT2D eigenvalue weighted by Crippen LogP contribution is -2.31. The lowest BCUT2D eigenvalue weighted by atomic mass is 10.1. The molecule has 0 aliphatic carbocycles. The minimum Gasteiger partial charge on any atom is -0.493 e. The Bertz CT molecular complexity index is 1030. The summed E-state index contributed by atoms with van der Waals surface area (Å²) in [4.78, 5) is 16.3. The molecule has 162 valence electrons. The number of carbonyl (C=O) groups is 1. The molecule has 0 saturated heterocycles. The lowest BCUT2D eigenvalue weighted by molar-refractivity contribution is -0.131. The highest BCUT2D eigenvalue weighted by molar-refractivity contribution is 7.09. The minimum absolute atomic E-state index is 0.0415. The molecule has 0 unspecified atom stereocenters. The van der Waals surface area contributed by atoms with E-state index in [0.717, 1.165) is 21.8 Å². The first kappa shape index (κ1) is 21.1. The molecule has 0 bridgehead atoms. The third-order valence-electron chi connectivity index (χ3n) is 5.06. The van der Waals surface area contributed by atoms with Gasteiger partial charge in [0.15, 0.2) is 23.0 Å². The van der Waals surface area contributed by atoms with Crippen molar-refractivity contribution in [2.75, 3.05) is 27.4 Å². The van der Waals surface area contributed by atoms with Crippen LogP contribution >= 0.6 is 11.3 Å². The van der Waals surface area contributed by atoms with Gasteiger partial charge in [0.1, 0.15) is 13.2 Å². The van der Waals surface area contributed by atoms with Gasteiger partial charge in [-0.05, 0) is 46.8 Å². The maximum atomic E-state index is 13.3. The van der Waals surface area contributed by atoms with Gasteiger partial charge in [-0.1, -0.05) is 18.2 Å². The van der Waals surface area contributed by atoms with Gasteiger partial charge in [-0.3, -0.25) is 4.79 Å². The molecular weight excluding hydrogens is 414 g/mol. The summed E-state index contributed by atoms with van der Waals surface area (Å²) in [6, 6.07) is 15.5. The number of nitrogens with zero attached hydrogens (tertiary/aromatic N) is 1. The fourth-order valence-electron chi connectivity index (χ4n) is 3.51. The Balaban J connectivity index is 1.53. The zero-order valence-electron chi connectivity index (χ0n) is 17.6. The summed E-state index contributed by atoms with van der Waals surface area (Å²) in [5.41, 5.74) is 1.88. The summed E-state index contributed by atoms with van der Waals surface area (Å²) in [5, 5.41) is 2.02. The molecule has 0 radical (unpaired) electrons. The van der Waals surface area contributed by atoms with Crippen LogP contribution in [-0.2, 0) is 24.3 Å². The number of ether oxygens (including phenoxy) is 4. The van der Waals surface area contributed by atoms with Gasteiger partial charge in [-0.2, -0.15) is 0 Å². The zero-order valence-corrected chi connectivity index (χ0v) is 18.4. The van der Waals surface area contributed by atoms with E-state index in [1.165, 1.54) is 0 Å². The van der Waals surface area contributed by atoms with E-state index < -0.39 is 0 Å². The quantitative estimate of drug-likeness (QED) is 0.524. The van der Waals surface area contributed by atoms with E-state index in [4.69, 9.17) is 18.9 Å². The smallest absolute Gasteiger partial charge is 0.227 e. The van der Waals surface area contributed by atoms with Crippen molar-refractivity contribution in [2.24, 2.45) is 0 Å². The Hall–Kier alpha value is -3.19. The third-order valence-corrected chi connectivity index (χ3v) is 5.92. The average molecular weight is 440 g/mol. The third kappa shape index (κ3) is 5.11. The molecule has 1 aromatic heterocycles. The molecule has 0 atom stereocenters. The second-order valence-electron chi connectivity index (χ2n) is 7.17. The SMILES string of the molecule is COc1ccc(CN(Cc2cccs2)C(=O)Cc2ccc3c(c2)OCCO3)cc1OC. The first-order chi connectivity index (χ1) is 15.2. The first-order valence-electron chi connectivity index (χ1n) is 10.1. The summed E-state index contributed by atoms with van der Waals surface area (Å²) in [5.74, 6) is 2.78. The molecule has 1 aliphatic rings. The van der Waals surface area contributed by atoms with Crippen LogP contribution in [0.4, 0.5) is 0 Å². The highest BCUT2D eigenvalue weighted by atomic mass is 32.1. The Kier molecular flexibility index (Phi) is 6.62. The van der Waals surface area contributed by atoms with E-state index >= 15 is 0 Å². The topological polar surface area (TPSA) is 57.2 Å². The molecule has 0 N–H and O–H groups in total. The molecule has 2 heterocycles.